The summed E-state index contributed by atoms with van der Waals surface area (Å²) in [6.07, 6.45) is 13.0. The molecule has 1 N–H and O–H groups in total. The molecule has 0 spiro atoms. The van der Waals surface area contributed by atoms with Crippen molar-refractivity contribution in [3.63, 3.8) is 0 Å². The molecule has 0 amide bonds. The molecule has 0 unspecified atom stereocenters. The van der Waals surface area contributed by atoms with Crippen molar-refractivity contribution in [2.45, 2.75) is 104 Å². The molecule has 4 heteroatoms. The third-order valence-electron chi connectivity index (χ3n) is 4.48. The Morgan fingerprint density at radius 3 is 2.00 bits per heavy atom. The summed E-state index contributed by atoms with van der Waals surface area (Å²) in [5.41, 5.74) is -0.413. The number of carboxylic acids is 1. The lowest BCUT2D eigenvalue weighted by Gasteiger charge is -2.22. The molecule has 0 aromatic heterocycles. The molecule has 0 atom stereocenters. The molecule has 24 heavy (non-hydrogen) atoms. The Morgan fingerprint density at radius 1 is 0.833 bits per heavy atom. The van der Waals surface area contributed by atoms with Gasteiger partial charge in [-0.3, -0.25) is 9.59 Å². The van der Waals surface area contributed by atoms with Crippen LogP contribution in [-0.2, 0) is 14.3 Å². The summed E-state index contributed by atoms with van der Waals surface area (Å²) in [5, 5.41) is 8.58. The minimum absolute atomic E-state index is 0.0815. The van der Waals surface area contributed by atoms with Crippen LogP contribution in [0.3, 0.4) is 0 Å². The maximum atomic E-state index is 12.2. The van der Waals surface area contributed by atoms with E-state index in [2.05, 4.69) is 6.92 Å². The van der Waals surface area contributed by atoms with Crippen molar-refractivity contribution < 1.29 is 19.4 Å². The van der Waals surface area contributed by atoms with E-state index in [1.54, 1.807) is 0 Å². The first-order chi connectivity index (χ1) is 11.4. The van der Waals surface area contributed by atoms with E-state index < -0.39 is 11.4 Å². The second-order valence-corrected chi connectivity index (χ2v) is 7.45. The monoisotopic (exact) mass is 342 g/mol. The van der Waals surface area contributed by atoms with Gasteiger partial charge in [0.15, 0.2) is 0 Å². The summed E-state index contributed by atoms with van der Waals surface area (Å²) in [6.45, 7) is 6.67. The van der Waals surface area contributed by atoms with Crippen LogP contribution >= 0.6 is 0 Å². The number of carbonyl (C=O) groups is 2. The molecule has 0 fully saturated rings. The molecule has 0 aromatic rings. The van der Waals surface area contributed by atoms with Gasteiger partial charge in [0, 0.05) is 6.42 Å². The zero-order valence-corrected chi connectivity index (χ0v) is 16.1. The van der Waals surface area contributed by atoms with E-state index in [4.69, 9.17) is 9.84 Å². The Balaban J connectivity index is 3.63. The highest BCUT2D eigenvalue weighted by Gasteiger charge is 2.28. The van der Waals surface area contributed by atoms with E-state index in [9.17, 15) is 9.59 Å². The van der Waals surface area contributed by atoms with Gasteiger partial charge < -0.3 is 9.84 Å². The van der Waals surface area contributed by atoms with Gasteiger partial charge in [0.05, 0.1) is 12.0 Å². The Labute approximate surface area is 148 Å². The number of ether oxygens (including phenoxy) is 1. The van der Waals surface area contributed by atoms with Crippen LogP contribution in [0.4, 0.5) is 0 Å². The van der Waals surface area contributed by atoms with Crippen LogP contribution in [0.1, 0.15) is 104 Å². The van der Waals surface area contributed by atoms with E-state index in [1.165, 1.54) is 25.7 Å². The summed E-state index contributed by atoms with van der Waals surface area (Å²) in [7, 11) is 0. The summed E-state index contributed by atoms with van der Waals surface area (Å²) in [6, 6.07) is 0. The summed E-state index contributed by atoms with van der Waals surface area (Å²) < 4.78 is 5.43. The Kier molecular flexibility index (Phi) is 13.7. The van der Waals surface area contributed by atoms with Crippen LogP contribution < -0.4 is 0 Å². The predicted molar refractivity (Wildman–Crippen MR) is 98.1 cm³/mol. The van der Waals surface area contributed by atoms with Crippen LogP contribution in [0.15, 0.2) is 0 Å². The molecule has 4 nitrogen and oxygen atoms in total. The molecule has 0 aliphatic rings. The van der Waals surface area contributed by atoms with Gasteiger partial charge in [-0.05, 0) is 33.1 Å². The second-order valence-electron chi connectivity index (χ2n) is 7.45. The number of esters is 1. The van der Waals surface area contributed by atoms with Gasteiger partial charge in [0.1, 0.15) is 0 Å². The van der Waals surface area contributed by atoms with E-state index in [1.807, 2.05) is 13.8 Å². The molecule has 142 valence electrons. The van der Waals surface area contributed by atoms with Crippen LogP contribution in [0.5, 0.6) is 0 Å². The van der Waals surface area contributed by atoms with E-state index in [-0.39, 0.29) is 12.4 Å². The standard InChI is InChI=1S/C20H38O4/c1-4-5-6-7-11-14-17-24-19(23)20(2,3)16-13-10-8-9-12-15-18(21)22/h4-17H2,1-3H3,(H,21,22). The average molecular weight is 343 g/mol. The third-order valence-corrected chi connectivity index (χ3v) is 4.48. The normalized spacial score (nSPS) is 11.5. The van der Waals surface area contributed by atoms with Crippen molar-refractivity contribution in [1.82, 2.24) is 0 Å². The van der Waals surface area contributed by atoms with Crippen molar-refractivity contribution in [3.8, 4) is 0 Å². The van der Waals surface area contributed by atoms with Gasteiger partial charge in [-0.1, -0.05) is 64.7 Å². The minimum atomic E-state index is -0.718. The van der Waals surface area contributed by atoms with Crippen LogP contribution in [0.2, 0.25) is 0 Å². The number of aliphatic carboxylic acids is 1. The number of carbonyl (C=O) groups excluding carboxylic acids is 1. The maximum absolute atomic E-state index is 12.2. The van der Waals surface area contributed by atoms with Gasteiger partial charge in [0.2, 0.25) is 0 Å². The molecule has 0 bridgehead atoms. The molecule has 0 radical (unpaired) electrons. The van der Waals surface area contributed by atoms with Crippen molar-refractivity contribution >= 4 is 11.9 Å². The number of rotatable bonds is 16. The summed E-state index contributed by atoms with van der Waals surface area (Å²) in [4.78, 5) is 22.6. The highest BCUT2D eigenvalue weighted by atomic mass is 16.5. The third kappa shape index (κ3) is 13.4. The first kappa shape index (κ1) is 22.9. The minimum Gasteiger partial charge on any atom is -0.481 e. The quantitative estimate of drug-likeness (QED) is 0.287. The largest absolute Gasteiger partial charge is 0.481 e. The van der Waals surface area contributed by atoms with Crippen molar-refractivity contribution in [2.24, 2.45) is 5.41 Å². The molecule has 0 saturated carbocycles. The number of hydrogen-bond acceptors (Lipinski definition) is 3. The van der Waals surface area contributed by atoms with E-state index in [0.29, 0.717) is 6.61 Å². The highest BCUT2D eigenvalue weighted by molar-refractivity contribution is 5.75. The van der Waals surface area contributed by atoms with Crippen molar-refractivity contribution in [1.29, 1.82) is 0 Å². The molecule has 0 heterocycles. The molecular weight excluding hydrogens is 304 g/mol. The lowest BCUT2D eigenvalue weighted by molar-refractivity contribution is -0.154. The summed E-state index contributed by atoms with van der Waals surface area (Å²) in [5.74, 6) is -0.800. The molecule has 0 saturated heterocycles. The fourth-order valence-corrected chi connectivity index (χ4v) is 2.72. The van der Waals surface area contributed by atoms with E-state index in [0.717, 1.165) is 51.4 Å². The Morgan fingerprint density at radius 2 is 1.38 bits per heavy atom. The number of unbranched alkanes of at least 4 members (excludes halogenated alkanes) is 9. The Hall–Kier alpha value is -1.06. The smallest absolute Gasteiger partial charge is 0.311 e. The SMILES string of the molecule is CCCCCCCCOC(=O)C(C)(C)CCCCCCCC(=O)O. The van der Waals surface area contributed by atoms with Gasteiger partial charge >= 0.3 is 11.9 Å². The maximum Gasteiger partial charge on any atom is 0.311 e. The Bertz CT molecular complexity index is 337. The number of carboxylic acid groups (broad SMARTS) is 1. The molecule has 0 aromatic carbocycles. The first-order valence-corrected chi connectivity index (χ1v) is 9.79. The zero-order valence-electron chi connectivity index (χ0n) is 16.1. The van der Waals surface area contributed by atoms with Crippen molar-refractivity contribution in [3.05, 3.63) is 0 Å². The average Bonchev–Trinajstić information content (AvgIpc) is 2.52. The molecule has 0 rings (SSSR count). The topological polar surface area (TPSA) is 63.6 Å². The molecule has 0 aliphatic carbocycles. The molecular formula is C20H38O4. The van der Waals surface area contributed by atoms with Crippen LogP contribution in [0, 0.1) is 5.41 Å². The summed E-state index contributed by atoms with van der Waals surface area (Å²) >= 11 is 0. The predicted octanol–water partition coefficient (Wildman–Crippen LogP) is 5.73. The van der Waals surface area contributed by atoms with Gasteiger partial charge in [-0.2, -0.15) is 0 Å². The van der Waals surface area contributed by atoms with Crippen LogP contribution in [0.25, 0.3) is 0 Å². The van der Waals surface area contributed by atoms with Crippen molar-refractivity contribution in [2.75, 3.05) is 6.61 Å². The van der Waals surface area contributed by atoms with Crippen LogP contribution in [-0.4, -0.2) is 23.7 Å². The fraction of sp³-hybridized carbons (Fsp3) is 0.900. The molecule has 0 aliphatic heterocycles. The lowest BCUT2D eigenvalue weighted by Crippen LogP contribution is -2.27. The number of hydrogen-bond donors (Lipinski definition) is 1. The lowest BCUT2D eigenvalue weighted by atomic mass is 9.87. The highest BCUT2D eigenvalue weighted by Crippen LogP contribution is 2.26. The van der Waals surface area contributed by atoms with Gasteiger partial charge in [0.25, 0.3) is 0 Å². The zero-order chi connectivity index (χ0) is 18.3. The van der Waals surface area contributed by atoms with Gasteiger partial charge in [-0.15, -0.1) is 0 Å². The second kappa shape index (κ2) is 14.3. The first-order valence-electron chi connectivity index (χ1n) is 9.79. The van der Waals surface area contributed by atoms with Gasteiger partial charge in [-0.25, -0.2) is 0 Å². The fourth-order valence-electron chi connectivity index (χ4n) is 2.72. The van der Waals surface area contributed by atoms with E-state index >= 15 is 0 Å².